The zero-order valence-corrected chi connectivity index (χ0v) is 21.1. The van der Waals surface area contributed by atoms with Crippen LogP contribution < -0.4 is 22.5 Å². The van der Waals surface area contributed by atoms with Gasteiger partial charge in [0.25, 0.3) is 5.91 Å². The fourth-order valence-electron chi connectivity index (χ4n) is 3.40. The van der Waals surface area contributed by atoms with Crippen LogP contribution in [0.4, 0.5) is 46.6 Å². The summed E-state index contributed by atoms with van der Waals surface area (Å²) < 4.78 is 112. The van der Waals surface area contributed by atoms with Gasteiger partial charge in [0.15, 0.2) is 17.3 Å². The maximum atomic E-state index is 14.5. The number of pyridine rings is 1. The Morgan fingerprint density at radius 2 is 1.95 bits per heavy atom. The van der Waals surface area contributed by atoms with Gasteiger partial charge in [0.1, 0.15) is 0 Å². The van der Waals surface area contributed by atoms with Crippen LogP contribution >= 0.6 is 11.8 Å². The lowest BCUT2D eigenvalue weighted by Crippen LogP contribution is -2.76. The second-order valence-corrected chi connectivity index (χ2v) is 9.21. The van der Waals surface area contributed by atoms with Crippen LogP contribution in [0.15, 0.2) is 40.5 Å². The number of halogens is 8. The Labute approximate surface area is 225 Å². The minimum absolute atomic E-state index is 0.0644. The van der Waals surface area contributed by atoms with Gasteiger partial charge in [0.05, 0.1) is 25.3 Å². The normalized spacial score (nSPS) is 16.8. The number of thioether (sulfide) groups is 1. The van der Waals surface area contributed by atoms with Gasteiger partial charge in [-0.3, -0.25) is 9.80 Å². The highest BCUT2D eigenvalue weighted by molar-refractivity contribution is 8.13. The van der Waals surface area contributed by atoms with Crippen LogP contribution in [0.2, 0.25) is 0 Å². The Kier molecular flexibility index (Phi) is 9.45. The van der Waals surface area contributed by atoms with Crippen molar-refractivity contribution < 1.29 is 55.0 Å². The summed E-state index contributed by atoms with van der Waals surface area (Å²) >= 11 is 0.843. The lowest BCUT2D eigenvalue weighted by molar-refractivity contribution is -0.830. The number of rotatable bonds is 8. The van der Waals surface area contributed by atoms with Gasteiger partial charge in [-0.1, -0.05) is 0 Å². The first-order valence-electron chi connectivity index (χ1n) is 11.0. The number of nitrogens with one attached hydrogen (secondary N) is 1. The molecule has 10 nitrogen and oxygen atoms in total. The number of carbonyl (C=O) groups excluding carboxylic acids is 1. The first-order chi connectivity index (χ1) is 18.6. The average molecular weight is 605 g/mol. The molecule has 19 heteroatoms. The Morgan fingerprint density at radius 1 is 1.25 bits per heavy atom. The molecule has 1 saturated heterocycles. The van der Waals surface area contributed by atoms with Crippen molar-refractivity contribution in [1.29, 1.82) is 0 Å². The van der Waals surface area contributed by atoms with Crippen LogP contribution in [0.1, 0.15) is 22.3 Å². The monoisotopic (exact) mass is 604 g/mol. The van der Waals surface area contributed by atoms with Crippen LogP contribution in [0, 0.1) is 5.82 Å². The van der Waals surface area contributed by atoms with E-state index in [4.69, 9.17) is 21.3 Å². The van der Waals surface area contributed by atoms with E-state index in [0.29, 0.717) is 25.3 Å². The van der Waals surface area contributed by atoms with Gasteiger partial charge in [-0.25, -0.2) is 20.1 Å². The van der Waals surface area contributed by atoms with E-state index in [2.05, 4.69) is 10.1 Å². The highest BCUT2D eigenvalue weighted by Gasteiger charge is 2.73. The predicted molar refractivity (Wildman–Crippen MR) is 125 cm³/mol. The third-order valence-corrected chi connectivity index (χ3v) is 6.59. The number of hydrogen-bond acceptors (Lipinski definition) is 8. The molecule has 7 N–H and O–H groups in total. The van der Waals surface area contributed by atoms with Crippen molar-refractivity contribution in [2.45, 2.75) is 35.4 Å². The molecule has 0 radical (unpaired) electrons. The standard InChI is InChI=1S/C21H21F8N7O3S/c1-38-35-11-2-3-15(40-18(34-30)36(31)12-4-5-39-9-12)13(7-11)17(37)33-16-14(22)6-10(8-32-16)19(23,24)20(25,26)21(27,28)29/h2-3,6-8,12,35H,4-5,9,30-31H2,1H3,(H,32,33,37)/p+1/b34-18+. The highest BCUT2D eigenvalue weighted by Crippen LogP contribution is 2.51. The van der Waals surface area contributed by atoms with Gasteiger partial charge >= 0.3 is 18.0 Å². The Bertz CT molecular complexity index is 1260. The molecular formula is C21H22F8N7O3S+. The minimum Gasteiger partial charge on any atom is -0.379 e. The summed E-state index contributed by atoms with van der Waals surface area (Å²) in [5.41, 5.74) is -0.604. The molecule has 2 heterocycles. The largest absolute Gasteiger partial charge is 0.460 e. The van der Waals surface area contributed by atoms with Crippen LogP contribution in [0.3, 0.4) is 0 Å². The van der Waals surface area contributed by atoms with E-state index in [0.717, 1.165) is 11.8 Å². The molecule has 0 spiro atoms. The first-order valence-corrected chi connectivity index (χ1v) is 11.8. The SMILES string of the molecule is CO[NH2+]c1ccc(S/C(=N/N)N(N)C2CCOC2)c(C(=O)Nc2ncc(C(F)(F)C(F)(F)C(F)(F)F)cc2F)c1. The number of hydrogen-bond donors (Lipinski definition) is 4. The molecule has 0 aliphatic carbocycles. The molecule has 2 aromatic rings. The molecule has 0 bridgehead atoms. The number of hydrazine groups is 1. The van der Waals surface area contributed by atoms with Crippen molar-refractivity contribution in [3.63, 3.8) is 0 Å². The molecule has 1 aromatic heterocycles. The number of benzene rings is 1. The molecular weight excluding hydrogens is 582 g/mol. The van der Waals surface area contributed by atoms with E-state index in [1.165, 1.54) is 35.8 Å². The van der Waals surface area contributed by atoms with Crippen molar-refractivity contribution >= 4 is 34.3 Å². The number of alkyl halides is 7. The summed E-state index contributed by atoms with van der Waals surface area (Å²) in [5, 5.41) is 6.91. The molecule has 1 aliphatic heterocycles. The lowest BCUT2D eigenvalue weighted by Gasteiger charge is -2.28. The maximum Gasteiger partial charge on any atom is 0.460 e. The third kappa shape index (κ3) is 6.38. The summed E-state index contributed by atoms with van der Waals surface area (Å²) in [5.74, 6) is -4.69. The number of ether oxygens (including phenoxy) is 1. The molecule has 220 valence electrons. The van der Waals surface area contributed by atoms with Gasteiger partial charge in [0, 0.05) is 35.4 Å². The molecule has 1 unspecified atom stereocenters. The van der Waals surface area contributed by atoms with Crippen molar-refractivity contribution in [3.05, 3.63) is 47.4 Å². The van der Waals surface area contributed by atoms with E-state index in [9.17, 15) is 39.9 Å². The van der Waals surface area contributed by atoms with Crippen LogP contribution in [0.5, 0.6) is 0 Å². The number of nitrogens with two attached hydrogens (primary N) is 3. The molecule has 3 rings (SSSR count). The van der Waals surface area contributed by atoms with Crippen LogP contribution in [-0.2, 0) is 15.5 Å². The second-order valence-electron chi connectivity index (χ2n) is 8.20. The number of nitrogens with zero attached hydrogens (tertiary/aromatic N) is 3. The van der Waals surface area contributed by atoms with E-state index >= 15 is 0 Å². The Hall–Kier alpha value is -3.26. The fourth-order valence-corrected chi connectivity index (χ4v) is 4.30. The van der Waals surface area contributed by atoms with Gasteiger partial charge in [0.2, 0.25) is 5.17 Å². The number of quaternary nitrogens is 1. The zero-order valence-electron chi connectivity index (χ0n) is 20.3. The van der Waals surface area contributed by atoms with Gasteiger partial charge < -0.3 is 15.9 Å². The molecule has 1 amide bonds. The Balaban J connectivity index is 1.90. The summed E-state index contributed by atoms with van der Waals surface area (Å²) in [6, 6.07) is 3.72. The number of amides is 1. The smallest absolute Gasteiger partial charge is 0.379 e. The topological polar surface area (TPSA) is 145 Å². The second kappa shape index (κ2) is 12.1. The lowest BCUT2D eigenvalue weighted by atomic mass is 10.0. The molecule has 1 aromatic carbocycles. The highest BCUT2D eigenvalue weighted by atomic mass is 32.2. The summed E-state index contributed by atoms with van der Waals surface area (Å²) in [6.07, 6.45) is -6.16. The zero-order chi connectivity index (χ0) is 29.9. The van der Waals surface area contributed by atoms with Crippen molar-refractivity contribution in [1.82, 2.24) is 9.99 Å². The Morgan fingerprint density at radius 3 is 2.50 bits per heavy atom. The number of anilines is 1. The molecule has 1 atom stereocenters. The summed E-state index contributed by atoms with van der Waals surface area (Å²) in [7, 11) is 1.33. The number of aromatic nitrogens is 1. The van der Waals surface area contributed by atoms with Crippen LogP contribution in [-0.4, -0.2) is 59.5 Å². The van der Waals surface area contributed by atoms with E-state index in [1.807, 2.05) is 5.32 Å². The molecule has 1 fully saturated rings. The van der Waals surface area contributed by atoms with Gasteiger partial charge in [-0.05, 0) is 30.3 Å². The molecule has 1 aliphatic rings. The first kappa shape index (κ1) is 31.3. The predicted octanol–water partition coefficient (Wildman–Crippen LogP) is 2.81. The van der Waals surface area contributed by atoms with Crippen LogP contribution in [0.25, 0.3) is 0 Å². The number of amidine groups is 1. The van der Waals surface area contributed by atoms with Gasteiger partial charge in [-0.2, -0.15) is 41.3 Å². The van der Waals surface area contributed by atoms with Gasteiger partial charge in [-0.15, -0.1) is 0 Å². The van der Waals surface area contributed by atoms with E-state index in [1.54, 1.807) is 0 Å². The minimum atomic E-state index is -6.63. The van der Waals surface area contributed by atoms with Crippen molar-refractivity contribution in [2.24, 2.45) is 16.8 Å². The third-order valence-electron chi connectivity index (χ3n) is 5.52. The fraction of sp³-hybridized carbons (Fsp3) is 0.381. The summed E-state index contributed by atoms with van der Waals surface area (Å²) in [6.45, 7) is 0.743. The number of hydrazone groups is 1. The van der Waals surface area contributed by atoms with Crippen molar-refractivity contribution in [3.8, 4) is 0 Å². The quantitative estimate of drug-likeness (QED) is 0.0685. The van der Waals surface area contributed by atoms with Crippen molar-refractivity contribution in [2.75, 3.05) is 25.6 Å². The number of carbonyl (C=O) groups is 1. The molecule has 0 saturated carbocycles. The maximum absolute atomic E-state index is 14.5. The molecule has 40 heavy (non-hydrogen) atoms. The van der Waals surface area contributed by atoms with E-state index in [-0.39, 0.29) is 33.9 Å². The van der Waals surface area contributed by atoms with E-state index < -0.39 is 41.1 Å². The average Bonchev–Trinajstić information content (AvgIpc) is 3.43. The summed E-state index contributed by atoms with van der Waals surface area (Å²) in [4.78, 5) is 21.3.